The van der Waals surface area contributed by atoms with Crippen molar-refractivity contribution in [3.8, 4) is 0 Å². The Morgan fingerprint density at radius 1 is 1.00 bits per heavy atom. The van der Waals surface area contributed by atoms with Gasteiger partial charge in [-0.2, -0.15) is 0 Å². The zero-order chi connectivity index (χ0) is 13.0. The van der Waals surface area contributed by atoms with Gasteiger partial charge in [0.05, 0.1) is 12.4 Å². The van der Waals surface area contributed by atoms with Crippen molar-refractivity contribution >= 4 is 48.8 Å². The van der Waals surface area contributed by atoms with E-state index in [9.17, 15) is 0 Å². The molecule has 0 amide bonds. The molecule has 2 heterocycles. The van der Waals surface area contributed by atoms with Gasteiger partial charge in [-0.1, -0.05) is 28.1 Å². The molecule has 0 saturated heterocycles. The second-order valence-electron chi connectivity index (χ2n) is 4.84. The Labute approximate surface area is 131 Å². The van der Waals surface area contributed by atoms with Crippen LogP contribution in [0, 0.1) is 0 Å². The molecule has 0 aliphatic rings. The minimum Gasteiger partial charge on any atom is -1.00 e. The number of aryl methyl sites for hydroxylation is 1. The second-order valence-corrected chi connectivity index (χ2v) is 5.76. The van der Waals surface area contributed by atoms with Crippen LogP contribution in [0.1, 0.15) is 0 Å². The molecule has 4 rings (SSSR count). The number of aromatic nitrogens is 2. The van der Waals surface area contributed by atoms with Gasteiger partial charge in [-0.15, -0.1) is 0 Å². The maximum atomic E-state index is 3.54. The number of hydrogen-bond acceptors (Lipinski definition) is 0. The van der Waals surface area contributed by atoms with E-state index in [4.69, 9.17) is 0 Å². The first kappa shape index (κ1) is 13.4. The Kier molecular flexibility index (Phi) is 3.19. The van der Waals surface area contributed by atoms with Crippen LogP contribution in [-0.2, 0) is 7.05 Å². The predicted molar refractivity (Wildman–Crippen MR) is 82.2 cm³/mol. The zero-order valence-electron chi connectivity index (χ0n) is 10.8. The van der Waals surface area contributed by atoms with Gasteiger partial charge in [0, 0.05) is 15.2 Å². The summed E-state index contributed by atoms with van der Waals surface area (Å²) in [5.41, 5.74) is 3.57. The molecule has 100 valence electrons. The first-order chi connectivity index (χ1) is 9.24. The lowest BCUT2D eigenvalue weighted by atomic mass is 10.1. The SMILES string of the molecule is C[n+]1c2ccc(Br)cc2cc2c3ccccc3[nH]c21.[Cl-]. The van der Waals surface area contributed by atoms with Crippen LogP contribution in [0.2, 0.25) is 0 Å². The highest BCUT2D eigenvalue weighted by Crippen LogP contribution is 2.27. The molecule has 0 saturated carbocycles. The van der Waals surface area contributed by atoms with E-state index >= 15 is 0 Å². The van der Waals surface area contributed by atoms with Gasteiger partial charge < -0.3 is 12.4 Å². The number of nitrogens with one attached hydrogen (secondary N) is 1. The quantitative estimate of drug-likeness (QED) is 0.459. The standard InChI is InChI=1S/C16H11BrN2.ClH/c1-19-15-7-6-11(17)8-10(15)9-13-12-4-2-3-5-14(12)18-16(13)19;/h2-9H,1H3;1H. The lowest BCUT2D eigenvalue weighted by Gasteiger charge is -2.01. The molecule has 0 bridgehead atoms. The second kappa shape index (κ2) is 4.76. The normalized spacial score (nSPS) is 11.1. The number of rotatable bonds is 0. The number of benzene rings is 2. The smallest absolute Gasteiger partial charge is 0.287 e. The topological polar surface area (TPSA) is 19.7 Å². The van der Waals surface area contributed by atoms with Crippen LogP contribution < -0.4 is 17.0 Å². The lowest BCUT2D eigenvalue weighted by molar-refractivity contribution is -0.619. The molecule has 0 unspecified atom stereocenters. The van der Waals surface area contributed by atoms with E-state index in [2.05, 4.69) is 81.1 Å². The number of fused-ring (bicyclic) bond motifs is 4. The third-order valence-electron chi connectivity index (χ3n) is 3.71. The van der Waals surface area contributed by atoms with Crippen molar-refractivity contribution in [3.05, 3.63) is 53.0 Å². The van der Waals surface area contributed by atoms with E-state index in [0.29, 0.717) is 0 Å². The van der Waals surface area contributed by atoms with E-state index in [-0.39, 0.29) is 12.4 Å². The summed E-state index contributed by atoms with van der Waals surface area (Å²) in [5.74, 6) is 0. The molecule has 4 heteroatoms. The molecule has 0 aliphatic heterocycles. The number of para-hydroxylation sites is 1. The number of H-pyrrole nitrogens is 1. The fourth-order valence-corrected chi connectivity index (χ4v) is 3.16. The van der Waals surface area contributed by atoms with Crippen molar-refractivity contribution < 1.29 is 17.0 Å². The summed E-state index contributed by atoms with van der Waals surface area (Å²) in [7, 11) is 2.11. The molecule has 0 atom stereocenters. The Balaban J connectivity index is 0.00000121. The Bertz CT molecular complexity index is 943. The molecule has 0 aliphatic carbocycles. The van der Waals surface area contributed by atoms with Crippen LogP contribution >= 0.6 is 15.9 Å². The van der Waals surface area contributed by atoms with Crippen LogP contribution in [0.25, 0.3) is 32.8 Å². The Morgan fingerprint density at radius 2 is 1.80 bits per heavy atom. The van der Waals surface area contributed by atoms with Crippen molar-refractivity contribution in [1.29, 1.82) is 0 Å². The molecular formula is C16H12BrClN2. The van der Waals surface area contributed by atoms with E-state index in [1.54, 1.807) is 0 Å². The van der Waals surface area contributed by atoms with Gasteiger partial charge in [0.2, 0.25) is 0 Å². The van der Waals surface area contributed by atoms with Gasteiger partial charge in [-0.3, -0.25) is 0 Å². The van der Waals surface area contributed by atoms with Gasteiger partial charge in [-0.05, 0) is 36.4 Å². The first-order valence-electron chi connectivity index (χ1n) is 6.23. The monoisotopic (exact) mass is 346 g/mol. The number of nitrogens with zero attached hydrogens (tertiary/aromatic N) is 1. The predicted octanol–water partition coefficient (Wildman–Crippen LogP) is 1.07. The van der Waals surface area contributed by atoms with E-state index < -0.39 is 0 Å². The molecule has 2 aromatic heterocycles. The average Bonchev–Trinajstić information content (AvgIpc) is 2.78. The van der Waals surface area contributed by atoms with Crippen molar-refractivity contribution in [2.75, 3.05) is 0 Å². The van der Waals surface area contributed by atoms with E-state index in [1.165, 1.54) is 27.2 Å². The molecule has 4 aromatic rings. The van der Waals surface area contributed by atoms with Crippen LogP contribution in [0.15, 0.2) is 53.0 Å². The number of pyridine rings is 1. The van der Waals surface area contributed by atoms with Crippen molar-refractivity contribution in [2.24, 2.45) is 7.05 Å². The summed E-state index contributed by atoms with van der Waals surface area (Å²) in [5, 5.41) is 3.79. The summed E-state index contributed by atoms with van der Waals surface area (Å²) < 4.78 is 3.33. The zero-order valence-corrected chi connectivity index (χ0v) is 13.2. The fourth-order valence-electron chi connectivity index (χ4n) is 2.78. The molecule has 0 spiro atoms. The van der Waals surface area contributed by atoms with Crippen molar-refractivity contribution in [1.82, 2.24) is 4.98 Å². The van der Waals surface area contributed by atoms with Crippen molar-refractivity contribution in [2.45, 2.75) is 0 Å². The highest BCUT2D eigenvalue weighted by Gasteiger charge is 2.15. The molecule has 20 heavy (non-hydrogen) atoms. The van der Waals surface area contributed by atoms with Crippen LogP contribution in [0.5, 0.6) is 0 Å². The van der Waals surface area contributed by atoms with Gasteiger partial charge >= 0.3 is 0 Å². The third kappa shape index (κ3) is 1.81. The molecular weight excluding hydrogens is 336 g/mol. The van der Waals surface area contributed by atoms with Gasteiger partial charge in [0.1, 0.15) is 11.0 Å². The molecule has 0 radical (unpaired) electrons. The summed E-state index contributed by atoms with van der Waals surface area (Å²) in [6, 6.07) is 17.1. The lowest BCUT2D eigenvalue weighted by Crippen LogP contribution is -3.00. The Morgan fingerprint density at radius 3 is 2.65 bits per heavy atom. The number of aromatic amines is 1. The van der Waals surface area contributed by atoms with E-state index in [0.717, 1.165) is 10.1 Å². The largest absolute Gasteiger partial charge is 1.00 e. The average molecular weight is 348 g/mol. The van der Waals surface area contributed by atoms with Crippen molar-refractivity contribution in [3.63, 3.8) is 0 Å². The summed E-state index contributed by atoms with van der Waals surface area (Å²) in [6.45, 7) is 0. The summed E-state index contributed by atoms with van der Waals surface area (Å²) >= 11 is 3.54. The minimum atomic E-state index is 0. The minimum absolute atomic E-state index is 0. The highest BCUT2D eigenvalue weighted by atomic mass is 79.9. The van der Waals surface area contributed by atoms with Crippen LogP contribution in [0.4, 0.5) is 0 Å². The molecule has 2 nitrogen and oxygen atoms in total. The Hall–Kier alpha value is -1.58. The van der Waals surface area contributed by atoms with E-state index in [1.807, 2.05) is 0 Å². The maximum Gasteiger partial charge on any atom is 0.287 e. The molecule has 1 N–H and O–H groups in total. The van der Waals surface area contributed by atoms with Crippen LogP contribution in [-0.4, -0.2) is 4.98 Å². The number of halogens is 2. The molecule has 0 fully saturated rings. The third-order valence-corrected chi connectivity index (χ3v) is 4.20. The van der Waals surface area contributed by atoms with Gasteiger partial charge in [-0.25, -0.2) is 9.55 Å². The maximum absolute atomic E-state index is 3.54. The van der Waals surface area contributed by atoms with Crippen LogP contribution in [0.3, 0.4) is 0 Å². The highest BCUT2D eigenvalue weighted by molar-refractivity contribution is 9.10. The molecule has 2 aromatic carbocycles. The fraction of sp³-hybridized carbons (Fsp3) is 0.0625. The van der Waals surface area contributed by atoms with Gasteiger partial charge in [0.15, 0.2) is 0 Å². The van der Waals surface area contributed by atoms with Gasteiger partial charge in [0.25, 0.3) is 5.65 Å². The summed E-state index contributed by atoms with van der Waals surface area (Å²) in [6.07, 6.45) is 0. The summed E-state index contributed by atoms with van der Waals surface area (Å²) in [4.78, 5) is 3.50. The number of hydrogen-bond donors (Lipinski definition) is 1. The first-order valence-corrected chi connectivity index (χ1v) is 7.02.